The normalized spacial score (nSPS) is 14.5. The van der Waals surface area contributed by atoms with E-state index >= 15 is 0 Å². The number of fused-ring (bicyclic) bond motifs is 6. The van der Waals surface area contributed by atoms with Gasteiger partial charge in [-0.1, -0.05) is 108 Å². The first-order valence-electron chi connectivity index (χ1n) is 20.2. The zero-order chi connectivity index (χ0) is 43.3. The van der Waals surface area contributed by atoms with E-state index in [-0.39, 0.29) is 0 Å². The van der Waals surface area contributed by atoms with Gasteiger partial charge < -0.3 is 9.47 Å². The van der Waals surface area contributed by atoms with Crippen molar-refractivity contribution in [1.82, 2.24) is 19.9 Å². The van der Waals surface area contributed by atoms with E-state index in [1.807, 2.05) is 131 Å². The second-order valence-corrected chi connectivity index (χ2v) is 23.6. The second-order valence-electron chi connectivity index (χ2n) is 14.7. The Balaban J connectivity index is 1.11. The van der Waals surface area contributed by atoms with Gasteiger partial charge in [-0.05, 0) is 108 Å². The molecule has 2 aromatic heterocycles. The molecule has 0 saturated carbocycles. The summed E-state index contributed by atoms with van der Waals surface area (Å²) in [6.45, 7) is 0.729. The number of nitrogens with zero attached hydrogens (tertiary/aromatic N) is 4. The maximum Gasteiger partial charge on any atom is 0.128 e. The number of aromatic nitrogens is 4. The largest absolute Gasteiger partial charge is 0.488 e. The molecule has 0 atom stereocenters. The molecule has 0 amide bonds. The molecule has 0 spiro atoms. The van der Waals surface area contributed by atoms with Gasteiger partial charge in [0, 0.05) is 21.2 Å². The van der Waals surface area contributed by atoms with Crippen LogP contribution in [0.15, 0.2) is 138 Å². The Morgan fingerprint density at radius 1 is 0.391 bits per heavy atom. The molecule has 0 radical (unpaired) electrons. The predicted molar refractivity (Wildman–Crippen MR) is 289 cm³/mol. The molecule has 0 fully saturated rings. The van der Waals surface area contributed by atoms with Crippen molar-refractivity contribution in [3.05, 3.63) is 160 Å². The first kappa shape index (κ1) is 42.5. The van der Waals surface area contributed by atoms with Crippen LogP contribution < -0.4 is 19.9 Å². The zero-order valence-corrected chi connectivity index (χ0v) is 41.4. The van der Waals surface area contributed by atoms with E-state index in [4.69, 9.17) is 29.4 Å². The summed E-state index contributed by atoms with van der Waals surface area (Å²) >= 11 is 14.7. The van der Waals surface area contributed by atoms with Gasteiger partial charge >= 0.3 is 0 Å². The number of thioether (sulfide) groups is 8. The highest BCUT2D eigenvalue weighted by molar-refractivity contribution is 8.46. The number of hydrogen-bond donors (Lipinski definition) is 0. The van der Waals surface area contributed by atoms with Crippen LogP contribution in [-0.2, 0) is 13.2 Å². The molecule has 2 aliphatic rings. The molecule has 9 aromatic rings. The third kappa shape index (κ3) is 7.91. The van der Waals surface area contributed by atoms with Gasteiger partial charge in [0.1, 0.15) is 24.7 Å². The number of benzene rings is 7. The summed E-state index contributed by atoms with van der Waals surface area (Å²) in [5, 5.41) is 6.80. The van der Waals surface area contributed by atoms with Crippen LogP contribution in [0.5, 0.6) is 11.5 Å². The van der Waals surface area contributed by atoms with Crippen molar-refractivity contribution in [3.63, 3.8) is 0 Å². The van der Waals surface area contributed by atoms with Gasteiger partial charge in [-0.25, -0.2) is 19.9 Å². The van der Waals surface area contributed by atoms with Crippen molar-refractivity contribution < 1.29 is 9.47 Å². The van der Waals surface area contributed by atoms with Gasteiger partial charge in [0.2, 0.25) is 0 Å². The lowest BCUT2D eigenvalue weighted by atomic mass is 9.97. The Bertz CT molecular complexity index is 3370. The van der Waals surface area contributed by atoms with Gasteiger partial charge in [0.25, 0.3) is 0 Å². The number of rotatable bonds is 10. The third-order valence-electron chi connectivity index (χ3n) is 10.9. The summed E-state index contributed by atoms with van der Waals surface area (Å²) in [6, 6.07) is 41.6. The third-order valence-corrected chi connectivity index (χ3v) is 21.4. The Labute approximate surface area is 403 Å². The quantitative estimate of drug-likeness (QED) is 0.122. The van der Waals surface area contributed by atoms with Gasteiger partial charge in [0.15, 0.2) is 0 Å². The van der Waals surface area contributed by atoms with Crippen LogP contribution in [0.2, 0.25) is 0 Å². The maximum atomic E-state index is 7.04. The Morgan fingerprint density at radius 3 is 1.14 bits per heavy atom. The van der Waals surface area contributed by atoms with Gasteiger partial charge in [0.05, 0.1) is 69.6 Å². The molecule has 0 N–H and O–H groups in total. The molecule has 6 nitrogen and oxygen atoms in total. The van der Waals surface area contributed by atoms with E-state index in [2.05, 4.69) is 85.7 Å². The average Bonchev–Trinajstić information content (AvgIpc) is 3.96. The lowest BCUT2D eigenvalue weighted by Crippen LogP contribution is -2.19. The van der Waals surface area contributed by atoms with Crippen molar-refractivity contribution in [1.29, 1.82) is 0 Å². The highest BCUT2D eigenvalue weighted by Gasteiger charge is 2.28. The summed E-state index contributed by atoms with van der Waals surface area (Å²) in [5.74, 6) is 1.65. The topological polar surface area (TPSA) is 70.0 Å². The van der Waals surface area contributed by atoms with Crippen LogP contribution in [0.4, 0.5) is 0 Å². The standard InChI is InChI=1S/C50H36N4O2S8/c1-57-47-48(58-2)62-45(61-47)41-29-11-9-17-39(55-25-27-19-21-35-37(23-27)53-33-15-7-5-13-31(33)51-35)42(29)44(46-63-49(59-3)50(60-4)64-46)43-30(41)12-10-18-40(43)56-26-28-20-22-36-38(24-28)54-34-16-8-6-14-32(34)52-36/h5-24H,25-26H2,1-4H3. The van der Waals surface area contributed by atoms with E-state index in [9.17, 15) is 0 Å². The van der Waals surface area contributed by atoms with Crippen LogP contribution in [-0.4, -0.2) is 45.0 Å². The molecular formula is C50H36N4O2S8. The number of ether oxygens (including phenoxy) is 2. The number of para-hydroxylation sites is 4. The minimum Gasteiger partial charge on any atom is -0.488 e. The van der Waals surface area contributed by atoms with E-state index in [1.54, 1.807) is 23.5 Å². The fourth-order valence-corrected chi connectivity index (χ4v) is 18.2. The lowest BCUT2D eigenvalue weighted by molar-refractivity contribution is 0.309. The molecule has 316 valence electrons. The van der Waals surface area contributed by atoms with Crippen LogP contribution in [0.3, 0.4) is 0 Å². The summed E-state index contributed by atoms with van der Waals surface area (Å²) < 4.78 is 21.8. The first-order valence-corrected chi connectivity index (χ1v) is 28.3. The molecule has 2 aliphatic heterocycles. The van der Waals surface area contributed by atoms with Gasteiger partial charge in [-0.3, -0.25) is 0 Å². The van der Waals surface area contributed by atoms with Crippen LogP contribution in [0.25, 0.3) is 74.2 Å². The molecule has 0 bridgehead atoms. The SMILES string of the molecule is CSC1=C(SC)SC(=c2c3cccc(OCc4ccc5nc6ccccc6nc5c4)c3c(=C3SC(SC)=C(SC)S3)c3c(OCc4ccc5nc6ccccc6nc5c4)cccc23)S1. The molecule has 64 heavy (non-hydrogen) atoms. The van der Waals surface area contributed by atoms with Crippen molar-refractivity contribution >= 4 is 168 Å². The van der Waals surface area contributed by atoms with Crippen molar-refractivity contribution in [2.45, 2.75) is 13.2 Å². The molecule has 0 saturated heterocycles. The highest BCUT2D eigenvalue weighted by atomic mass is 32.3. The van der Waals surface area contributed by atoms with E-state index in [0.29, 0.717) is 13.2 Å². The summed E-state index contributed by atoms with van der Waals surface area (Å²) in [7, 11) is 0. The van der Waals surface area contributed by atoms with E-state index in [0.717, 1.165) is 93.5 Å². The second kappa shape index (κ2) is 18.3. The molecular weight excluding hydrogens is 945 g/mol. The minimum atomic E-state index is 0.365. The smallest absolute Gasteiger partial charge is 0.128 e. The minimum absolute atomic E-state index is 0.365. The van der Waals surface area contributed by atoms with Crippen LogP contribution in [0, 0.1) is 0 Å². The Hall–Kier alpha value is -4.12. The van der Waals surface area contributed by atoms with Crippen molar-refractivity contribution in [2.75, 3.05) is 25.0 Å². The van der Waals surface area contributed by atoms with Crippen molar-refractivity contribution in [3.8, 4) is 11.5 Å². The van der Waals surface area contributed by atoms with Gasteiger partial charge in [-0.2, -0.15) is 0 Å². The van der Waals surface area contributed by atoms with E-state index < -0.39 is 0 Å². The molecule has 11 rings (SSSR count). The average molecular weight is 981 g/mol. The fraction of sp³-hybridized carbons (Fsp3) is 0.120. The molecule has 4 heterocycles. The summed E-state index contributed by atoms with van der Waals surface area (Å²) in [6.07, 6.45) is 8.68. The molecule has 14 heteroatoms. The van der Waals surface area contributed by atoms with Crippen molar-refractivity contribution in [2.24, 2.45) is 0 Å². The predicted octanol–water partition coefficient (Wildman–Crippen LogP) is 14.1. The van der Waals surface area contributed by atoms with E-state index in [1.165, 1.54) is 30.6 Å². The highest BCUT2D eigenvalue weighted by Crippen LogP contribution is 2.59. The summed E-state index contributed by atoms with van der Waals surface area (Å²) in [5.41, 5.74) is 9.01. The monoisotopic (exact) mass is 980 g/mol. The van der Waals surface area contributed by atoms with Crippen LogP contribution in [0.1, 0.15) is 11.1 Å². The molecule has 0 aliphatic carbocycles. The first-order chi connectivity index (χ1) is 31.5. The van der Waals surface area contributed by atoms with Crippen LogP contribution >= 0.6 is 94.1 Å². The molecule has 7 aromatic carbocycles. The maximum absolute atomic E-state index is 7.04. The Morgan fingerprint density at radius 2 is 0.750 bits per heavy atom. The van der Waals surface area contributed by atoms with Gasteiger partial charge in [-0.15, -0.1) is 47.0 Å². The fourth-order valence-electron chi connectivity index (χ4n) is 8.01. The number of hydrogen-bond acceptors (Lipinski definition) is 14. The summed E-state index contributed by atoms with van der Waals surface area (Å²) in [4.78, 5) is 19.7. The Kier molecular flexibility index (Phi) is 12.1. The molecule has 0 unspecified atom stereocenters. The zero-order valence-electron chi connectivity index (χ0n) is 34.8. The lowest BCUT2D eigenvalue weighted by Gasteiger charge is -2.18.